The van der Waals surface area contributed by atoms with Crippen molar-refractivity contribution >= 4 is 17.6 Å². The van der Waals surface area contributed by atoms with Gasteiger partial charge in [-0.05, 0) is 42.3 Å². The standard InChI is InChI=1S/C28H28N2O6/c1-3-34-25-11-7-8-12-26(25)35-19-28(32)36-18-27(31)30-24(21-13-15-22(33-2)16-14-21)17-23(29-30)20-9-5-4-6-10-20/h4-16,24H,3,17-19H2,1-2H3/t24-/m0/s1. The van der Waals surface area contributed by atoms with E-state index in [-0.39, 0.29) is 12.6 Å². The summed E-state index contributed by atoms with van der Waals surface area (Å²) in [4.78, 5) is 25.4. The molecule has 0 unspecified atom stereocenters. The fourth-order valence-electron chi connectivity index (χ4n) is 3.86. The van der Waals surface area contributed by atoms with Crippen LogP contribution in [0.1, 0.15) is 30.5 Å². The van der Waals surface area contributed by atoms with Crippen LogP contribution >= 0.6 is 0 Å². The highest BCUT2D eigenvalue weighted by Gasteiger charge is 2.33. The first-order valence-corrected chi connectivity index (χ1v) is 11.7. The molecule has 0 aliphatic carbocycles. The fourth-order valence-corrected chi connectivity index (χ4v) is 3.86. The Balaban J connectivity index is 1.42. The SMILES string of the molecule is CCOc1ccccc1OCC(=O)OCC(=O)N1N=C(c2ccccc2)C[C@H]1c1ccc(OC)cc1. The predicted molar refractivity (Wildman–Crippen MR) is 134 cm³/mol. The summed E-state index contributed by atoms with van der Waals surface area (Å²) in [5.41, 5.74) is 2.62. The van der Waals surface area contributed by atoms with Crippen LogP contribution in [0.3, 0.4) is 0 Å². The molecule has 1 heterocycles. The van der Waals surface area contributed by atoms with E-state index in [0.29, 0.717) is 24.5 Å². The largest absolute Gasteiger partial charge is 0.497 e. The summed E-state index contributed by atoms with van der Waals surface area (Å²) in [5.74, 6) is 0.593. The maximum absolute atomic E-state index is 13.1. The molecule has 1 atom stereocenters. The van der Waals surface area contributed by atoms with Gasteiger partial charge in [-0.2, -0.15) is 5.10 Å². The molecule has 36 heavy (non-hydrogen) atoms. The number of para-hydroxylation sites is 2. The van der Waals surface area contributed by atoms with Gasteiger partial charge < -0.3 is 18.9 Å². The number of hydrogen-bond donors (Lipinski definition) is 0. The Morgan fingerprint density at radius 3 is 2.22 bits per heavy atom. The summed E-state index contributed by atoms with van der Waals surface area (Å²) < 4.78 is 21.5. The van der Waals surface area contributed by atoms with E-state index >= 15 is 0 Å². The lowest BCUT2D eigenvalue weighted by atomic mass is 9.98. The van der Waals surface area contributed by atoms with E-state index in [1.807, 2.05) is 67.6 Å². The highest BCUT2D eigenvalue weighted by Crippen LogP contribution is 2.33. The van der Waals surface area contributed by atoms with Crippen molar-refractivity contribution < 1.29 is 28.5 Å². The second-order valence-electron chi connectivity index (χ2n) is 7.97. The summed E-state index contributed by atoms with van der Waals surface area (Å²) in [6, 6.07) is 23.9. The maximum Gasteiger partial charge on any atom is 0.344 e. The second-order valence-corrected chi connectivity index (χ2v) is 7.97. The molecule has 0 fully saturated rings. The molecule has 8 nitrogen and oxygen atoms in total. The number of benzene rings is 3. The van der Waals surface area contributed by atoms with Gasteiger partial charge in [-0.1, -0.05) is 54.6 Å². The number of hydrazone groups is 1. The minimum atomic E-state index is -0.665. The van der Waals surface area contributed by atoms with E-state index in [9.17, 15) is 9.59 Å². The summed E-state index contributed by atoms with van der Waals surface area (Å²) in [5, 5.41) is 5.98. The molecular weight excluding hydrogens is 460 g/mol. The number of hydrogen-bond acceptors (Lipinski definition) is 7. The molecule has 1 aliphatic rings. The van der Waals surface area contributed by atoms with Crippen LogP contribution in [0.4, 0.5) is 0 Å². The summed E-state index contributed by atoms with van der Waals surface area (Å²) in [6.07, 6.45) is 0.535. The van der Waals surface area contributed by atoms with Gasteiger partial charge >= 0.3 is 5.97 Å². The average molecular weight is 489 g/mol. The van der Waals surface area contributed by atoms with Crippen molar-refractivity contribution in [3.8, 4) is 17.2 Å². The van der Waals surface area contributed by atoms with Gasteiger partial charge in [-0.15, -0.1) is 0 Å². The van der Waals surface area contributed by atoms with E-state index in [1.54, 1.807) is 25.3 Å². The van der Waals surface area contributed by atoms with Crippen LogP contribution < -0.4 is 14.2 Å². The van der Waals surface area contributed by atoms with Gasteiger partial charge in [-0.25, -0.2) is 9.80 Å². The molecule has 0 spiro atoms. The Labute approximate surface area is 210 Å². The van der Waals surface area contributed by atoms with Crippen molar-refractivity contribution in [3.05, 3.63) is 90.0 Å². The number of carbonyl (C=O) groups is 2. The Morgan fingerprint density at radius 1 is 0.889 bits per heavy atom. The first-order valence-electron chi connectivity index (χ1n) is 11.7. The normalized spacial score (nSPS) is 14.7. The molecule has 0 bridgehead atoms. The minimum absolute atomic E-state index is 0.327. The second kappa shape index (κ2) is 11.9. The predicted octanol–water partition coefficient (Wildman–Crippen LogP) is 4.39. The highest BCUT2D eigenvalue weighted by atomic mass is 16.6. The first kappa shape index (κ1) is 24.8. The molecule has 0 saturated heterocycles. The number of nitrogens with zero attached hydrogens (tertiary/aromatic N) is 2. The van der Waals surface area contributed by atoms with Crippen molar-refractivity contribution in [1.82, 2.24) is 5.01 Å². The van der Waals surface area contributed by atoms with Crippen molar-refractivity contribution in [1.29, 1.82) is 0 Å². The van der Waals surface area contributed by atoms with Crippen LogP contribution in [-0.4, -0.2) is 49.5 Å². The van der Waals surface area contributed by atoms with Gasteiger partial charge in [0.25, 0.3) is 5.91 Å². The number of amides is 1. The average Bonchev–Trinajstić information content (AvgIpc) is 3.38. The fraction of sp³-hybridized carbons (Fsp3) is 0.250. The zero-order valence-electron chi connectivity index (χ0n) is 20.3. The molecule has 186 valence electrons. The molecule has 8 heteroatoms. The third-order valence-corrected chi connectivity index (χ3v) is 5.62. The Bertz CT molecular complexity index is 1210. The Morgan fingerprint density at radius 2 is 1.56 bits per heavy atom. The number of methoxy groups -OCH3 is 1. The van der Waals surface area contributed by atoms with Crippen molar-refractivity contribution in [2.24, 2.45) is 5.10 Å². The van der Waals surface area contributed by atoms with Gasteiger partial charge in [0.05, 0.1) is 25.5 Å². The lowest BCUT2D eigenvalue weighted by molar-refractivity contribution is -0.154. The van der Waals surface area contributed by atoms with E-state index in [2.05, 4.69) is 5.10 Å². The van der Waals surface area contributed by atoms with Crippen molar-refractivity contribution in [3.63, 3.8) is 0 Å². The molecule has 0 radical (unpaired) electrons. The van der Waals surface area contributed by atoms with Crippen LogP contribution in [0.2, 0.25) is 0 Å². The monoisotopic (exact) mass is 488 g/mol. The molecule has 3 aromatic carbocycles. The van der Waals surface area contributed by atoms with E-state index in [0.717, 1.165) is 22.6 Å². The van der Waals surface area contributed by atoms with Crippen LogP contribution in [0.5, 0.6) is 17.2 Å². The molecular formula is C28H28N2O6. The lowest BCUT2D eigenvalue weighted by Crippen LogP contribution is -2.32. The Hall–Kier alpha value is -4.33. The number of ether oxygens (including phenoxy) is 4. The van der Waals surface area contributed by atoms with E-state index in [4.69, 9.17) is 18.9 Å². The van der Waals surface area contributed by atoms with Gasteiger partial charge in [-0.3, -0.25) is 4.79 Å². The zero-order chi connectivity index (χ0) is 25.3. The molecule has 1 amide bonds. The van der Waals surface area contributed by atoms with E-state index in [1.165, 1.54) is 5.01 Å². The van der Waals surface area contributed by atoms with Crippen molar-refractivity contribution in [2.75, 3.05) is 26.9 Å². The smallest absolute Gasteiger partial charge is 0.344 e. The van der Waals surface area contributed by atoms with E-state index < -0.39 is 18.5 Å². The summed E-state index contributed by atoms with van der Waals surface area (Å²) in [6.45, 7) is 1.53. The molecule has 3 aromatic rings. The topological polar surface area (TPSA) is 86.7 Å². The third kappa shape index (κ3) is 6.02. The lowest BCUT2D eigenvalue weighted by Gasteiger charge is -2.22. The van der Waals surface area contributed by atoms with Crippen LogP contribution in [-0.2, 0) is 14.3 Å². The number of esters is 1. The van der Waals surface area contributed by atoms with Crippen LogP contribution in [0, 0.1) is 0 Å². The number of carbonyl (C=O) groups excluding carboxylic acids is 2. The molecule has 4 rings (SSSR count). The summed E-state index contributed by atoms with van der Waals surface area (Å²) in [7, 11) is 1.60. The quantitative estimate of drug-likeness (QED) is 0.394. The Kier molecular flexibility index (Phi) is 8.18. The van der Waals surface area contributed by atoms with Crippen LogP contribution in [0.15, 0.2) is 84.0 Å². The third-order valence-electron chi connectivity index (χ3n) is 5.62. The first-order chi connectivity index (χ1) is 17.6. The molecule has 1 aliphatic heterocycles. The van der Waals surface area contributed by atoms with Crippen LogP contribution in [0.25, 0.3) is 0 Å². The van der Waals surface area contributed by atoms with Gasteiger partial charge in [0, 0.05) is 6.42 Å². The molecule has 0 aromatic heterocycles. The van der Waals surface area contributed by atoms with Gasteiger partial charge in [0.2, 0.25) is 0 Å². The summed E-state index contributed by atoms with van der Waals surface area (Å²) >= 11 is 0. The minimum Gasteiger partial charge on any atom is -0.497 e. The molecule has 0 saturated carbocycles. The molecule has 0 N–H and O–H groups in total. The van der Waals surface area contributed by atoms with Gasteiger partial charge in [0.1, 0.15) is 5.75 Å². The maximum atomic E-state index is 13.1. The van der Waals surface area contributed by atoms with Gasteiger partial charge in [0.15, 0.2) is 24.7 Å². The zero-order valence-corrected chi connectivity index (χ0v) is 20.3. The van der Waals surface area contributed by atoms with Crippen molar-refractivity contribution in [2.45, 2.75) is 19.4 Å². The number of rotatable bonds is 10. The highest BCUT2D eigenvalue weighted by molar-refractivity contribution is 6.03.